The minimum Gasteiger partial charge on any atom is -0.497 e. The van der Waals surface area contributed by atoms with Gasteiger partial charge in [-0.05, 0) is 50.3 Å². The zero-order valence-corrected chi connectivity index (χ0v) is 17.3. The first kappa shape index (κ1) is 21.1. The van der Waals surface area contributed by atoms with E-state index in [1.54, 1.807) is 14.0 Å². The molecular weight excluding hydrogens is 374 g/mol. The van der Waals surface area contributed by atoms with E-state index in [2.05, 4.69) is 5.32 Å². The Bertz CT molecular complexity index is 758. The van der Waals surface area contributed by atoms with Crippen LogP contribution in [0.1, 0.15) is 31.7 Å². The van der Waals surface area contributed by atoms with Crippen molar-refractivity contribution in [1.29, 1.82) is 0 Å². The number of imide groups is 1. The lowest BCUT2D eigenvalue weighted by molar-refractivity contribution is -0.147. The Labute approximate surface area is 171 Å². The molecule has 3 amide bonds. The van der Waals surface area contributed by atoms with E-state index < -0.39 is 5.54 Å². The minimum atomic E-state index is -0.915. The third-order valence-corrected chi connectivity index (χ3v) is 5.88. The maximum Gasteiger partial charge on any atom is 0.326 e. The van der Waals surface area contributed by atoms with Crippen molar-refractivity contribution in [2.45, 2.75) is 38.1 Å². The molecular formula is C21H29N3O5. The van der Waals surface area contributed by atoms with Crippen LogP contribution < -0.4 is 10.1 Å². The van der Waals surface area contributed by atoms with Gasteiger partial charge in [0.25, 0.3) is 5.91 Å². The van der Waals surface area contributed by atoms with Crippen LogP contribution in [0, 0.1) is 5.92 Å². The van der Waals surface area contributed by atoms with E-state index in [1.165, 1.54) is 12.0 Å². The van der Waals surface area contributed by atoms with Gasteiger partial charge in [0, 0.05) is 13.1 Å². The number of carbonyl (C=O) groups is 3. The van der Waals surface area contributed by atoms with Crippen LogP contribution in [-0.4, -0.2) is 67.2 Å². The topological polar surface area (TPSA) is 88.2 Å². The minimum absolute atomic E-state index is 0.103. The summed E-state index contributed by atoms with van der Waals surface area (Å²) in [5.74, 6) is 0.290. The number of rotatable bonds is 7. The molecule has 0 radical (unpaired) electrons. The van der Waals surface area contributed by atoms with Crippen LogP contribution in [0.5, 0.6) is 5.75 Å². The molecule has 0 spiro atoms. The van der Waals surface area contributed by atoms with Crippen LogP contribution >= 0.6 is 0 Å². The van der Waals surface area contributed by atoms with Crippen molar-refractivity contribution in [1.82, 2.24) is 15.1 Å². The van der Waals surface area contributed by atoms with Crippen LogP contribution in [0.2, 0.25) is 0 Å². The number of nitrogens with zero attached hydrogens (tertiary/aromatic N) is 2. The molecule has 29 heavy (non-hydrogen) atoms. The number of likely N-dealkylation sites (tertiary alicyclic amines) is 1. The summed E-state index contributed by atoms with van der Waals surface area (Å²) in [7, 11) is 3.02. The molecule has 8 nitrogen and oxygen atoms in total. The summed E-state index contributed by atoms with van der Waals surface area (Å²) in [5.41, 5.74) is 0.166. The summed E-state index contributed by atoms with van der Waals surface area (Å²) in [5, 5.41) is 2.86. The van der Waals surface area contributed by atoms with Gasteiger partial charge in [0.05, 0.1) is 26.8 Å². The van der Waals surface area contributed by atoms with Gasteiger partial charge in [-0.25, -0.2) is 9.69 Å². The van der Waals surface area contributed by atoms with Gasteiger partial charge in [-0.3, -0.25) is 14.5 Å². The van der Waals surface area contributed by atoms with Crippen LogP contribution in [0.15, 0.2) is 24.3 Å². The summed E-state index contributed by atoms with van der Waals surface area (Å²) in [4.78, 5) is 40.4. The standard InChI is InChI=1S/C21H29N3O5/c1-21(11-8-15-4-6-17(28-2)7-5-15)19(26)24(20(27)22-21)14-23-12-9-16(10-13-23)18(25)29-3/h4-7,16H,8-14H2,1-3H3,(H,22,27)/t21-/m1/s1. The van der Waals surface area contributed by atoms with Crippen molar-refractivity contribution in [3.05, 3.63) is 29.8 Å². The molecule has 2 saturated heterocycles. The lowest BCUT2D eigenvalue weighted by Gasteiger charge is -2.32. The Kier molecular flexibility index (Phi) is 6.42. The van der Waals surface area contributed by atoms with E-state index >= 15 is 0 Å². The van der Waals surface area contributed by atoms with Crippen LogP contribution in [0.4, 0.5) is 4.79 Å². The Morgan fingerprint density at radius 2 is 1.83 bits per heavy atom. The van der Waals surface area contributed by atoms with Gasteiger partial charge in [-0.1, -0.05) is 12.1 Å². The van der Waals surface area contributed by atoms with Crippen LogP contribution in [0.3, 0.4) is 0 Å². The summed E-state index contributed by atoms with van der Waals surface area (Å²) in [6, 6.07) is 7.34. The van der Waals surface area contributed by atoms with E-state index in [4.69, 9.17) is 9.47 Å². The van der Waals surface area contributed by atoms with Crippen molar-refractivity contribution >= 4 is 17.9 Å². The normalized spacial score (nSPS) is 23.2. The molecule has 2 aliphatic rings. The highest BCUT2D eigenvalue weighted by Crippen LogP contribution is 2.25. The molecule has 1 aromatic carbocycles. The molecule has 2 heterocycles. The lowest BCUT2D eigenvalue weighted by Crippen LogP contribution is -2.47. The van der Waals surface area contributed by atoms with Gasteiger partial charge in [-0.15, -0.1) is 0 Å². The molecule has 0 aromatic heterocycles. The summed E-state index contributed by atoms with van der Waals surface area (Å²) >= 11 is 0. The Balaban J connectivity index is 1.55. The number of nitrogens with one attached hydrogen (secondary N) is 1. The first-order valence-electron chi connectivity index (χ1n) is 9.93. The Morgan fingerprint density at radius 3 is 2.41 bits per heavy atom. The van der Waals surface area contributed by atoms with Gasteiger partial charge in [-0.2, -0.15) is 0 Å². The number of aryl methyl sites for hydroxylation is 1. The molecule has 1 N–H and O–H groups in total. The van der Waals surface area contributed by atoms with E-state index in [-0.39, 0.29) is 30.5 Å². The predicted molar refractivity (Wildman–Crippen MR) is 106 cm³/mol. The fourth-order valence-electron chi connectivity index (χ4n) is 3.91. The number of amides is 3. The molecule has 2 fully saturated rings. The number of piperidine rings is 1. The number of ether oxygens (including phenoxy) is 2. The second kappa shape index (κ2) is 8.82. The Hall–Kier alpha value is -2.61. The van der Waals surface area contributed by atoms with E-state index in [0.717, 1.165) is 11.3 Å². The summed E-state index contributed by atoms with van der Waals surface area (Å²) < 4.78 is 9.97. The molecule has 0 saturated carbocycles. The molecule has 2 aliphatic heterocycles. The fourth-order valence-corrected chi connectivity index (χ4v) is 3.91. The molecule has 3 rings (SSSR count). The maximum atomic E-state index is 13.0. The highest BCUT2D eigenvalue weighted by Gasteiger charge is 2.47. The van der Waals surface area contributed by atoms with Gasteiger partial charge >= 0.3 is 12.0 Å². The second-order valence-electron chi connectivity index (χ2n) is 7.90. The van der Waals surface area contributed by atoms with Crippen molar-refractivity contribution in [3.8, 4) is 5.75 Å². The highest BCUT2D eigenvalue weighted by molar-refractivity contribution is 6.06. The largest absolute Gasteiger partial charge is 0.497 e. The van der Waals surface area contributed by atoms with Gasteiger partial charge in [0.1, 0.15) is 11.3 Å². The Morgan fingerprint density at radius 1 is 1.17 bits per heavy atom. The SMILES string of the molecule is COC(=O)C1CCN(CN2C(=O)N[C@](C)(CCc3ccc(OC)cc3)C2=O)CC1. The summed E-state index contributed by atoms with van der Waals surface area (Å²) in [6.45, 7) is 3.33. The molecule has 1 aromatic rings. The number of esters is 1. The first-order chi connectivity index (χ1) is 13.9. The smallest absolute Gasteiger partial charge is 0.326 e. The first-order valence-corrected chi connectivity index (χ1v) is 9.93. The number of carbonyl (C=O) groups excluding carboxylic acids is 3. The number of methoxy groups -OCH3 is 2. The number of hydrogen-bond acceptors (Lipinski definition) is 6. The third kappa shape index (κ3) is 4.70. The van der Waals surface area contributed by atoms with Gasteiger partial charge in [0.2, 0.25) is 0 Å². The molecule has 0 bridgehead atoms. The average molecular weight is 403 g/mol. The zero-order chi connectivity index (χ0) is 21.0. The van der Waals surface area contributed by atoms with E-state index in [0.29, 0.717) is 38.8 Å². The molecule has 158 valence electrons. The maximum absolute atomic E-state index is 13.0. The molecule has 8 heteroatoms. The third-order valence-electron chi connectivity index (χ3n) is 5.88. The fraction of sp³-hybridized carbons (Fsp3) is 0.571. The molecule has 0 unspecified atom stereocenters. The number of hydrogen-bond donors (Lipinski definition) is 1. The number of benzene rings is 1. The molecule has 1 atom stereocenters. The van der Waals surface area contributed by atoms with Crippen molar-refractivity contribution < 1.29 is 23.9 Å². The predicted octanol–water partition coefficient (Wildman–Crippen LogP) is 1.78. The van der Waals surface area contributed by atoms with Gasteiger partial charge in [0.15, 0.2) is 0 Å². The van der Waals surface area contributed by atoms with Gasteiger partial charge < -0.3 is 14.8 Å². The molecule has 0 aliphatic carbocycles. The van der Waals surface area contributed by atoms with Crippen LogP contribution in [-0.2, 0) is 20.7 Å². The van der Waals surface area contributed by atoms with Crippen LogP contribution in [0.25, 0.3) is 0 Å². The van der Waals surface area contributed by atoms with Crippen molar-refractivity contribution in [2.24, 2.45) is 5.92 Å². The second-order valence-corrected chi connectivity index (χ2v) is 7.90. The highest BCUT2D eigenvalue weighted by atomic mass is 16.5. The summed E-state index contributed by atoms with van der Waals surface area (Å²) in [6.07, 6.45) is 2.53. The number of urea groups is 1. The van der Waals surface area contributed by atoms with E-state index in [9.17, 15) is 14.4 Å². The van der Waals surface area contributed by atoms with E-state index in [1.807, 2.05) is 29.2 Å². The zero-order valence-electron chi connectivity index (χ0n) is 17.3. The quantitative estimate of drug-likeness (QED) is 0.552. The van der Waals surface area contributed by atoms with Crippen molar-refractivity contribution in [3.63, 3.8) is 0 Å². The van der Waals surface area contributed by atoms with Crippen molar-refractivity contribution in [2.75, 3.05) is 34.0 Å². The lowest BCUT2D eigenvalue weighted by atomic mass is 9.93. The average Bonchev–Trinajstić information content (AvgIpc) is 2.96. The monoisotopic (exact) mass is 403 g/mol.